The molecule has 0 spiro atoms. The van der Waals surface area contributed by atoms with Crippen LogP contribution in [-0.4, -0.2) is 5.78 Å². The maximum atomic E-state index is 12.8. The van der Waals surface area contributed by atoms with Gasteiger partial charge in [0, 0.05) is 12.0 Å². The van der Waals surface area contributed by atoms with E-state index in [1.54, 1.807) is 12.1 Å². The quantitative estimate of drug-likeness (QED) is 0.240. The van der Waals surface area contributed by atoms with Crippen molar-refractivity contribution >= 4 is 5.78 Å². The predicted molar refractivity (Wildman–Crippen MR) is 101 cm³/mol. The number of benzene rings is 1. The molecule has 0 saturated heterocycles. The summed E-state index contributed by atoms with van der Waals surface area (Å²) in [5, 5.41) is 0. The number of halogens is 1. The zero-order valence-corrected chi connectivity index (χ0v) is 15.5. The van der Waals surface area contributed by atoms with Crippen LogP contribution in [0.25, 0.3) is 0 Å². The third-order valence-corrected chi connectivity index (χ3v) is 4.67. The second kappa shape index (κ2) is 14.2. The van der Waals surface area contributed by atoms with Gasteiger partial charge in [-0.3, -0.25) is 4.79 Å². The molecule has 0 aromatic heterocycles. The number of carbonyl (C=O) groups excluding carboxylic acids is 1. The van der Waals surface area contributed by atoms with Gasteiger partial charge in [-0.2, -0.15) is 0 Å². The fourth-order valence-electron chi connectivity index (χ4n) is 3.08. The molecule has 0 radical (unpaired) electrons. The Balaban J connectivity index is 1.87. The van der Waals surface area contributed by atoms with Gasteiger partial charge in [0.2, 0.25) is 0 Å². The van der Waals surface area contributed by atoms with Gasteiger partial charge in [0.1, 0.15) is 5.82 Å². The minimum absolute atomic E-state index is 0.137. The van der Waals surface area contributed by atoms with Gasteiger partial charge in [-0.05, 0) is 30.7 Å². The molecule has 0 aliphatic rings. The maximum Gasteiger partial charge on any atom is 0.162 e. The van der Waals surface area contributed by atoms with Crippen LogP contribution in [0.3, 0.4) is 0 Å². The molecule has 1 nitrogen and oxygen atoms in total. The topological polar surface area (TPSA) is 17.1 Å². The Morgan fingerprint density at radius 2 is 1.12 bits per heavy atom. The van der Waals surface area contributed by atoms with Crippen LogP contribution in [0.4, 0.5) is 4.39 Å². The van der Waals surface area contributed by atoms with Crippen molar-refractivity contribution < 1.29 is 9.18 Å². The van der Waals surface area contributed by atoms with Crippen molar-refractivity contribution in [3.8, 4) is 0 Å². The summed E-state index contributed by atoms with van der Waals surface area (Å²) in [6, 6.07) is 5.88. The molecule has 1 rings (SSSR count). The standard InChI is InChI=1S/C22H35FO/c1-2-3-4-5-6-7-8-9-10-11-12-13-14-15-22(24)20-16-18-21(23)19-17-20/h16-19H,2-15H2,1H3. The van der Waals surface area contributed by atoms with Gasteiger partial charge in [-0.25, -0.2) is 4.39 Å². The normalized spacial score (nSPS) is 10.9. The molecular formula is C22H35FO. The van der Waals surface area contributed by atoms with Crippen LogP contribution in [0.15, 0.2) is 24.3 Å². The zero-order chi connectivity index (χ0) is 17.5. The van der Waals surface area contributed by atoms with Crippen molar-refractivity contribution in [3.63, 3.8) is 0 Å². The van der Waals surface area contributed by atoms with E-state index < -0.39 is 0 Å². The Kier molecular flexibility index (Phi) is 12.3. The summed E-state index contributed by atoms with van der Waals surface area (Å²) in [5.74, 6) is -0.148. The van der Waals surface area contributed by atoms with E-state index in [1.165, 1.54) is 82.8 Å². The zero-order valence-electron chi connectivity index (χ0n) is 15.5. The third-order valence-electron chi connectivity index (χ3n) is 4.67. The fourth-order valence-corrected chi connectivity index (χ4v) is 3.08. The number of unbranched alkanes of at least 4 members (excludes halogenated alkanes) is 12. The van der Waals surface area contributed by atoms with E-state index >= 15 is 0 Å². The SMILES string of the molecule is CCCCCCCCCCCCCCCC(=O)c1ccc(F)cc1. The summed E-state index contributed by atoms with van der Waals surface area (Å²) >= 11 is 0. The molecule has 0 bridgehead atoms. The van der Waals surface area contributed by atoms with Crippen LogP contribution in [0, 0.1) is 5.82 Å². The number of ketones is 1. The molecule has 0 fully saturated rings. The minimum atomic E-state index is -0.285. The Morgan fingerprint density at radius 3 is 1.58 bits per heavy atom. The van der Waals surface area contributed by atoms with Crippen molar-refractivity contribution in [2.75, 3.05) is 0 Å². The second-order valence-corrected chi connectivity index (χ2v) is 6.92. The van der Waals surface area contributed by atoms with Crippen LogP contribution in [0.5, 0.6) is 0 Å². The fraction of sp³-hybridized carbons (Fsp3) is 0.682. The Morgan fingerprint density at radius 1 is 0.708 bits per heavy atom. The van der Waals surface area contributed by atoms with E-state index in [0.29, 0.717) is 12.0 Å². The van der Waals surface area contributed by atoms with Crippen LogP contribution in [0.2, 0.25) is 0 Å². The molecule has 1 aromatic rings. The summed E-state index contributed by atoms with van der Waals surface area (Å²) in [4.78, 5) is 11.9. The summed E-state index contributed by atoms with van der Waals surface area (Å²) in [6.45, 7) is 2.26. The molecule has 0 amide bonds. The van der Waals surface area contributed by atoms with Crippen molar-refractivity contribution in [2.24, 2.45) is 0 Å². The van der Waals surface area contributed by atoms with Gasteiger partial charge < -0.3 is 0 Å². The van der Waals surface area contributed by atoms with Crippen molar-refractivity contribution in [1.29, 1.82) is 0 Å². The van der Waals surface area contributed by atoms with Gasteiger partial charge in [0.25, 0.3) is 0 Å². The smallest absolute Gasteiger partial charge is 0.162 e. The average Bonchev–Trinajstić information content (AvgIpc) is 2.59. The first-order chi connectivity index (χ1) is 11.7. The largest absolute Gasteiger partial charge is 0.294 e. The van der Waals surface area contributed by atoms with Crippen LogP contribution >= 0.6 is 0 Å². The number of carbonyl (C=O) groups is 1. The lowest BCUT2D eigenvalue weighted by Crippen LogP contribution is -1.98. The van der Waals surface area contributed by atoms with Gasteiger partial charge in [0.05, 0.1) is 0 Å². The highest BCUT2D eigenvalue weighted by molar-refractivity contribution is 5.95. The lowest BCUT2D eigenvalue weighted by atomic mass is 10.0. The molecule has 2 heteroatoms. The third kappa shape index (κ3) is 10.6. The summed E-state index contributed by atoms with van der Waals surface area (Å²) in [5.41, 5.74) is 0.635. The monoisotopic (exact) mass is 334 g/mol. The van der Waals surface area contributed by atoms with Crippen LogP contribution in [-0.2, 0) is 0 Å². The van der Waals surface area contributed by atoms with Crippen molar-refractivity contribution in [2.45, 2.75) is 96.8 Å². The summed E-state index contributed by atoms with van der Waals surface area (Å²) in [6.07, 6.45) is 17.6. The van der Waals surface area contributed by atoms with Gasteiger partial charge >= 0.3 is 0 Å². The molecule has 0 unspecified atom stereocenters. The highest BCUT2D eigenvalue weighted by Gasteiger charge is 2.05. The molecule has 0 aliphatic carbocycles. The number of rotatable bonds is 15. The van der Waals surface area contributed by atoms with Crippen LogP contribution in [0.1, 0.15) is 107 Å². The van der Waals surface area contributed by atoms with E-state index in [1.807, 2.05) is 0 Å². The van der Waals surface area contributed by atoms with E-state index in [4.69, 9.17) is 0 Å². The first kappa shape index (κ1) is 20.9. The van der Waals surface area contributed by atoms with Crippen molar-refractivity contribution in [3.05, 3.63) is 35.6 Å². The molecule has 0 heterocycles. The van der Waals surface area contributed by atoms with Gasteiger partial charge in [0.15, 0.2) is 5.78 Å². The average molecular weight is 335 g/mol. The maximum absolute atomic E-state index is 12.8. The lowest BCUT2D eigenvalue weighted by Gasteiger charge is -2.03. The lowest BCUT2D eigenvalue weighted by molar-refractivity contribution is 0.0979. The first-order valence-corrected chi connectivity index (χ1v) is 10.0. The Bertz CT molecular complexity index is 424. The minimum Gasteiger partial charge on any atom is -0.294 e. The molecule has 0 saturated carbocycles. The second-order valence-electron chi connectivity index (χ2n) is 6.92. The Labute approximate surface area is 148 Å². The predicted octanol–water partition coefficient (Wildman–Crippen LogP) is 7.49. The summed E-state index contributed by atoms with van der Waals surface area (Å²) in [7, 11) is 0. The molecule has 1 aromatic carbocycles. The van der Waals surface area contributed by atoms with E-state index in [9.17, 15) is 9.18 Å². The number of hydrogen-bond donors (Lipinski definition) is 0. The van der Waals surface area contributed by atoms with Crippen LogP contribution < -0.4 is 0 Å². The number of Topliss-reactive ketones (excluding diaryl/α,β-unsaturated/α-hetero) is 1. The molecular weight excluding hydrogens is 299 g/mol. The summed E-state index contributed by atoms with van der Waals surface area (Å²) < 4.78 is 12.8. The van der Waals surface area contributed by atoms with E-state index in [-0.39, 0.29) is 11.6 Å². The van der Waals surface area contributed by atoms with E-state index in [2.05, 4.69) is 6.92 Å². The molecule has 24 heavy (non-hydrogen) atoms. The molecule has 0 aliphatic heterocycles. The Hall–Kier alpha value is -1.18. The number of hydrogen-bond acceptors (Lipinski definition) is 1. The van der Waals surface area contributed by atoms with Gasteiger partial charge in [-0.15, -0.1) is 0 Å². The van der Waals surface area contributed by atoms with E-state index in [0.717, 1.165) is 12.8 Å². The highest BCUT2D eigenvalue weighted by atomic mass is 19.1. The van der Waals surface area contributed by atoms with Gasteiger partial charge in [-0.1, -0.05) is 84.0 Å². The van der Waals surface area contributed by atoms with Crippen molar-refractivity contribution in [1.82, 2.24) is 0 Å². The molecule has 0 N–H and O–H groups in total. The molecule has 0 atom stereocenters. The highest BCUT2D eigenvalue weighted by Crippen LogP contribution is 2.14. The molecule has 136 valence electrons. The first-order valence-electron chi connectivity index (χ1n) is 10.0.